The fourth-order valence-electron chi connectivity index (χ4n) is 9.64. The molecule has 2 heterocycles. The van der Waals surface area contributed by atoms with Crippen molar-refractivity contribution in [2.75, 3.05) is 72.8 Å². The summed E-state index contributed by atoms with van der Waals surface area (Å²) in [4.78, 5) is 88.6. The number of aliphatic hydroxyl groups excluding tert-OH is 1. The summed E-state index contributed by atoms with van der Waals surface area (Å²) in [5.41, 5.74) is 0.915. The lowest BCUT2D eigenvalue weighted by atomic mass is 9.80. The topological polar surface area (TPSA) is 175 Å². The van der Waals surface area contributed by atoms with Gasteiger partial charge in [0.2, 0.25) is 17.7 Å². The molecule has 0 saturated carbocycles. The molecule has 2 aliphatic heterocycles. The van der Waals surface area contributed by atoms with Crippen LogP contribution in [0.5, 0.6) is 0 Å². The van der Waals surface area contributed by atoms with E-state index in [1.165, 1.54) is 11.8 Å². The third-order valence-corrected chi connectivity index (χ3v) is 15.7. The average molecular weight is 960 g/mol. The minimum Gasteiger partial charge on any atom is -0.396 e. The van der Waals surface area contributed by atoms with Gasteiger partial charge in [-0.05, 0) is 62.1 Å². The first kappa shape index (κ1) is 57.0. The number of likely N-dealkylation sites (N-methyl/N-ethyl adjacent to an activating group) is 2. The van der Waals surface area contributed by atoms with E-state index in [1.807, 2.05) is 96.3 Å². The van der Waals surface area contributed by atoms with Crippen LogP contribution in [0.25, 0.3) is 0 Å². The van der Waals surface area contributed by atoms with Gasteiger partial charge in [-0.2, -0.15) is 0 Å². The van der Waals surface area contributed by atoms with Gasteiger partial charge in [0.25, 0.3) is 5.91 Å². The molecule has 0 aliphatic carbocycles. The van der Waals surface area contributed by atoms with Gasteiger partial charge in [-0.25, -0.2) is 0 Å². The second kappa shape index (κ2) is 28.9. The first-order chi connectivity index (χ1) is 31.4. The molecule has 9 atom stereocenters. The van der Waals surface area contributed by atoms with Gasteiger partial charge < -0.3 is 35.0 Å². The summed E-state index contributed by atoms with van der Waals surface area (Å²) in [7, 11) is 7.09. The van der Waals surface area contributed by atoms with E-state index in [1.54, 1.807) is 42.6 Å². The van der Waals surface area contributed by atoms with Gasteiger partial charge >= 0.3 is 0 Å². The molecule has 3 rings (SSSR count). The number of nitrogens with zero attached hydrogens (tertiary/aromatic N) is 3. The molecule has 2 unspecified atom stereocenters. The zero-order valence-corrected chi connectivity index (χ0v) is 43.2. The van der Waals surface area contributed by atoms with Crippen molar-refractivity contribution >= 4 is 58.7 Å². The molecule has 3 N–H and O–H groups in total. The van der Waals surface area contributed by atoms with Crippen LogP contribution in [0.4, 0.5) is 0 Å². The molecular weight excluding hydrogens is 879 g/mol. The Morgan fingerprint density at radius 1 is 0.894 bits per heavy atom. The number of aliphatic hydroxyl groups is 1. The van der Waals surface area contributed by atoms with E-state index in [0.29, 0.717) is 43.9 Å². The fraction of sp³-hybridized carbons (Fsp3) is 0.720. The van der Waals surface area contributed by atoms with Crippen molar-refractivity contribution < 1.29 is 43.3 Å². The number of benzene rings is 1. The summed E-state index contributed by atoms with van der Waals surface area (Å²) in [6, 6.07) is 8.36. The lowest BCUT2D eigenvalue weighted by molar-refractivity contribution is -0.148. The Kier molecular flexibility index (Phi) is 25.0. The number of carbonyl (C=O) groups is 6. The van der Waals surface area contributed by atoms with Crippen LogP contribution in [0.15, 0.2) is 40.6 Å². The second-order valence-electron chi connectivity index (χ2n) is 19.0. The van der Waals surface area contributed by atoms with E-state index in [4.69, 9.17) is 9.47 Å². The van der Waals surface area contributed by atoms with Gasteiger partial charge in [-0.3, -0.25) is 33.7 Å². The maximum Gasteiger partial charge on any atom is 0.258 e. The van der Waals surface area contributed by atoms with E-state index in [9.17, 15) is 33.9 Å². The summed E-state index contributed by atoms with van der Waals surface area (Å²) < 4.78 is 11.7. The Balaban J connectivity index is 1.70. The number of Topliss-reactive ketones (excluding diaryl/α,β-unsaturated/α-hetero) is 2. The summed E-state index contributed by atoms with van der Waals surface area (Å²) in [6.07, 6.45) is 1.81. The molecule has 1 aromatic rings. The lowest BCUT2D eigenvalue weighted by Gasteiger charge is -2.41. The number of rotatable bonds is 30. The average Bonchev–Trinajstić information content (AvgIpc) is 4.01. The maximum absolute atomic E-state index is 14.4. The van der Waals surface area contributed by atoms with Crippen molar-refractivity contribution in [3.05, 3.63) is 46.2 Å². The quantitative estimate of drug-likeness (QED) is 0.0809. The summed E-state index contributed by atoms with van der Waals surface area (Å²) >= 11 is 3.09. The predicted molar refractivity (Wildman–Crippen MR) is 264 cm³/mol. The molecule has 14 nitrogen and oxygen atoms in total. The molecule has 0 bridgehead atoms. The fourth-order valence-corrected chi connectivity index (χ4v) is 11.6. The third-order valence-electron chi connectivity index (χ3n) is 13.5. The van der Waals surface area contributed by atoms with Crippen molar-refractivity contribution in [2.24, 2.45) is 41.4 Å². The van der Waals surface area contributed by atoms with Crippen LogP contribution in [0.3, 0.4) is 0 Å². The van der Waals surface area contributed by atoms with Crippen molar-refractivity contribution in [3.63, 3.8) is 0 Å². The van der Waals surface area contributed by atoms with Crippen LogP contribution in [0.2, 0.25) is 0 Å². The monoisotopic (exact) mass is 960 g/mol. The standard InChI is InChI=1S/C50H81N5O9S2/c1-12-34(6)47(54(10)50(62)38(32(2)3)27-42(58)46(33(4)5)53(8)9)43(63-11)28-45(59)55-22-16-19-40(55)39(29-56)35(7)41(57)26-37(25-36-17-14-13-15-18-36)48(60)51-20-23-64-24-21-52-49(61)44-30-65-31-66-44/h13-15,17-18,30,32-35,37-40,43,46-47,56H,12,16,19-29,31H2,1-11H3,(H,51,60)(H,52,61)/t34?,35-,37-,38+,39-,40+,43?,46+,47+/m1/s1. The number of ether oxygens (including phenoxy) is 2. The van der Waals surface area contributed by atoms with Crippen molar-refractivity contribution in [1.82, 2.24) is 25.3 Å². The number of hydrogen-bond acceptors (Lipinski definition) is 12. The highest BCUT2D eigenvalue weighted by Gasteiger charge is 2.43. The lowest BCUT2D eigenvalue weighted by Crippen LogP contribution is -2.54. The summed E-state index contributed by atoms with van der Waals surface area (Å²) in [5, 5.41) is 19.3. The molecular formula is C50H81N5O9S2. The Labute approximate surface area is 403 Å². The molecule has 372 valence electrons. The number of ketones is 2. The number of hydrogen-bond donors (Lipinski definition) is 3. The van der Waals surface area contributed by atoms with Gasteiger partial charge in [0.15, 0.2) is 5.78 Å². The SMILES string of the molecule is CCC(C)[C@@H](C(CC(=O)N1CCC[C@H]1[C@H](CO)[C@@H](C)C(=O)C[C@@H](Cc1ccccc1)C(=O)NCCOCCNC(=O)C1=CSCS1)OC)N(C)C(=O)[C@@H](CC(=O)[C@H](C(C)C)N(C)C)C(C)C. The van der Waals surface area contributed by atoms with Crippen LogP contribution < -0.4 is 10.6 Å². The summed E-state index contributed by atoms with van der Waals surface area (Å²) in [6.45, 7) is 15.1. The molecule has 0 aromatic heterocycles. The Morgan fingerprint density at radius 2 is 1.56 bits per heavy atom. The minimum absolute atomic E-state index is 0.00419. The van der Waals surface area contributed by atoms with E-state index in [2.05, 4.69) is 10.6 Å². The zero-order chi connectivity index (χ0) is 49.1. The molecule has 1 fully saturated rings. The van der Waals surface area contributed by atoms with Crippen LogP contribution in [-0.2, 0) is 44.7 Å². The predicted octanol–water partition coefficient (Wildman–Crippen LogP) is 5.66. The number of amides is 4. The van der Waals surface area contributed by atoms with Gasteiger partial charge in [0.1, 0.15) is 5.78 Å². The smallest absolute Gasteiger partial charge is 0.258 e. The Hall–Kier alpha value is -3.28. The number of likely N-dealkylation sites (tertiary alicyclic amines) is 1. The molecule has 0 spiro atoms. The molecule has 0 radical (unpaired) electrons. The summed E-state index contributed by atoms with van der Waals surface area (Å²) in [5.74, 6) is -3.32. The highest BCUT2D eigenvalue weighted by molar-refractivity contribution is 8.22. The first-order valence-corrected chi connectivity index (χ1v) is 25.9. The molecule has 2 aliphatic rings. The number of carbonyl (C=O) groups excluding carboxylic acids is 6. The molecule has 16 heteroatoms. The normalized spacial score (nSPS) is 18.9. The van der Waals surface area contributed by atoms with Crippen molar-refractivity contribution in [3.8, 4) is 0 Å². The number of methoxy groups -OCH3 is 1. The Bertz CT molecular complexity index is 1740. The highest BCUT2D eigenvalue weighted by atomic mass is 32.2. The number of nitrogens with one attached hydrogen (secondary N) is 2. The van der Waals surface area contributed by atoms with Crippen LogP contribution in [0, 0.1) is 41.4 Å². The van der Waals surface area contributed by atoms with Crippen LogP contribution >= 0.6 is 23.5 Å². The zero-order valence-electron chi connectivity index (χ0n) is 41.6. The Morgan fingerprint density at radius 3 is 2.12 bits per heavy atom. The van der Waals surface area contributed by atoms with Gasteiger partial charge in [-0.15, -0.1) is 23.5 Å². The van der Waals surface area contributed by atoms with Crippen LogP contribution in [0.1, 0.15) is 92.6 Å². The largest absolute Gasteiger partial charge is 0.396 e. The van der Waals surface area contributed by atoms with E-state index < -0.39 is 41.9 Å². The minimum atomic E-state index is -0.671. The molecule has 4 amide bonds. The van der Waals surface area contributed by atoms with Gasteiger partial charge in [0.05, 0.1) is 42.7 Å². The van der Waals surface area contributed by atoms with Crippen molar-refractivity contribution in [2.45, 2.75) is 118 Å². The number of thioether (sulfide) groups is 2. The molecule has 1 saturated heterocycles. The van der Waals surface area contributed by atoms with E-state index in [0.717, 1.165) is 17.1 Å². The third kappa shape index (κ3) is 16.7. The van der Waals surface area contributed by atoms with Gasteiger partial charge in [0, 0.05) is 88.0 Å². The first-order valence-electron chi connectivity index (χ1n) is 23.9. The molecule has 66 heavy (non-hydrogen) atoms. The van der Waals surface area contributed by atoms with E-state index in [-0.39, 0.29) is 98.0 Å². The van der Waals surface area contributed by atoms with Gasteiger partial charge in [-0.1, -0.05) is 85.2 Å². The van der Waals surface area contributed by atoms with E-state index >= 15 is 0 Å². The van der Waals surface area contributed by atoms with Crippen molar-refractivity contribution in [1.29, 1.82) is 0 Å². The second-order valence-corrected chi connectivity index (χ2v) is 21.3. The maximum atomic E-state index is 14.4. The highest BCUT2D eigenvalue weighted by Crippen LogP contribution is 2.34. The molecule has 1 aromatic carbocycles. The van der Waals surface area contributed by atoms with Crippen LogP contribution in [-0.4, -0.2) is 152 Å².